The van der Waals surface area contributed by atoms with Gasteiger partial charge in [0.05, 0.1) is 0 Å². The maximum absolute atomic E-state index is 11.9. The molecule has 2 rings (SSSR count). The Morgan fingerprint density at radius 2 is 1.82 bits per heavy atom. The van der Waals surface area contributed by atoms with Gasteiger partial charge in [-0.25, -0.2) is 4.79 Å². The third kappa shape index (κ3) is 3.92. The van der Waals surface area contributed by atoms with Crippen LogP contribution in [0.2, 0.25) is 5.02 Å². The highest BCUT2D eigenvalue weighted by Gasteiger charge is 2.07. The molecule has 22 heavy (non-hydrogen) atoms. The predicted octanol–water partition coefficient (Wildman–Crippen LogP) is 4.42. The van der Waals surface area contributed by atoms with Gasteiger partial charge in [-0.3, -0.25) is 0 Å². The largest absolute Gasteiger partial charge is 0.473 e. The number of hydrogen-bond donors (Lipinski definition) is 2. The molecule has 0 fully saturated rings. The lowest BCUT2D eigenvalue weighted by atomic mass is 10.1. The van der Waals surface area contributed by atoms with Gasteiger partial charge in [-0.05, 0) is 55.7 Å². The number of halogens is 1. The Labute approximate surface area is 135 Å². The van der Waals surface area contributed by atoms with Gasteiger partial charge >= 0.3 is 6.03 Å². The van der Waals surface area contributed by atoms with E-state index >= 15 is 0 Å². The lowest BCUT2D eigenvalue weighted by Crippen LogP contribution is -2.32. The average Bonchev–Trinajstić information content (AvgIpc) is 2.48. The number of amides is 2. The van der Waals surface area contributed by atoms with Gasteiger partial charge in [-0.15, -0.1) is 0 Å². The number of nitrogens with one attached hydrogen (secondary N) is 2. The third-order valence-corrected chi connectivity index (χ3v) is 3.94. The van der Waals surface area contributed by atoms with Crippen molar-refractivity contribution in [3.63, 3.8) is 0 Å². The van der Waals surface area contributed by atoms with Gasteiger partial charge in [0, 0.05) is 10.7 Å². The Hall–Kier alpha value is -2.20. The van der Waals surface area contributed by atoms with Gasteiger partial charge in [-0.1, -0.05) is 29.8 Å². The lowest BCUT2D eigenvalue weighted by Gasteiger charge is -2.13. The van der Waals surface area contributed by atoms with Crippen LogP contribution in [0.3, 0.4) is 0 Å². The molecule has 0 aliphatic carbocycles. The van der Waals surface area contributed by atoms with Crippen LogP contribution in [0, 0.1) is 20.8 Å². The third-order valence-electron chi connectivity index (χ3n) is 3.53. The molecule has 2 N–H and O–H groups in total. The zero-order valence-corrected chi connectivity index (χ0v) is 13.6. The maximum Gasteiger partial charge on any atom is 0.321 e. The topological polar surface area (TPSA) is 50.4 Å². The first-order valence-electron chi connectivity index (χ1n) is 6.98. The first-order valence-corrected chi connectivity index (χ1v) is 7.36. The molecule has 0 spiro atoms. The standard InChI is InChI=1S/C17H19ClN2O2/c1-11-6-4-9-16(12(11)2)22-10-19-17(21)20-15-8-5-7-14(18)13(15)3/h4-9H,10H2,1-3H3,(H2,19,20,21). The number of anilines is 1. The molecule has 2 amide bonds. The van der Waals surface area contributed by atoms with E-state index in [0.717, 1.165) is 22.4 Å². The number of aryl methyl sites for hydroxylation is 1. The average molecular weight is 319 g/mol. The molecule has 0 saturated heterocycles. The van der Waals surface area contributed by atoms with Crippen molar-refractivity contribution in [2.24, 2.45) is 0 Å². The summed E-state index contributed by atoms with van der Waals surface area (Å²) in [6.07, 6.45) is 0. The van der Waals surface area contributed by atoms with Crippen LogP contribution in [0.15, 0.2) is 36.4 Å². The summed E-state index contributed by atoms with van der Waals surface area (Å²) in [5, 5.41) is 6.02. The highest BCUT2D eigenvalue weighted by atomic mass is 35.5. The Balaban J connectivity index is 1.88. The van der Waals surface area contributed by atoms with Gasteiger partial charge in [-0.2, -0.15) is 0 Å². The fourth-order valence-corrected chi connectivity index (χ4v) is 2.14. The van der Waals surface area contributed by atoms with Crippen LogP contribution in [0.4, 0.5) is 10.5 Å². The fourth-order valence-electron chi connectivity index (χ4n) is 1.97. The van der Waals surface area contributed by atoms with E-state index in [-0.39, 0.29) is 12.8 Å². The van der Waals surface area contributed by atoms with Crippen LogP contribution in [0.5, 0.6) is 5.75 Å². The van der Waals surface area contributed by atoms with Crippen molar-refractivity contribution in [2.45, 2.75) is 20.8 Å². The molecule has 0 radical (unpaired) electrons. The number of hydrogen-bond acceptors (Lipinski definition) is 2. The minimum Gasteiger partial charge on any atom is -0.473 e. The van der Waals surface area contributed by atoms with Crippen molar-refractivity contribution in [1.29, 1.82) is 0 Å². The van der Waals surface area contributed by atoms with E-state index < -0.39 is 0 Å². The quantitative estimate of drug-likeness (QED) is 0.820. The summed E-state index contributed by atoms with van der Waals surface area (Å²) >= 11 is 6.02. The minimum absolute atomic E-state index is 0.0930. The second-order valence-electron chi connectivity index (χ2n) is 5.03. The van der Waals surface area contributed by atoms with E-state index in [9.17, 15) is 4.79 Å². The Kier molecular flexibility index (Phi) is 5.28. The van der Waals surface area contributed by atoms with Gasteiger partial charge in [0.25, 0.3) is 0 Å². The first-order chi connectivity index (χ1) is 10.5. The summed E-state index contributed by atoms with van der Waals surface area (Å²) in [7, 11) is 0. The van der Waals surface area contributed by atoms with Crippen molar-refractivity contribution in [1.82, 2.24) is 5.32 Å². The van der Waals surface area contributed by atoms with Crippen LogP contribution in [-0.4, -0.2) is 12.8 Å². The molecular formula is C17H19ClN2O2. The number of rotatable bonds is 4. The monoisotopic (exact) mass is 318 g/mol. The van der Waals surface area contributed by atoms with Crippen molar-refractivity contribution in [3.05, 3.63) is 58.1 Å². The van der Waals surface area contributed by atoms with E-state index in [0.29, 0.717) is 10.7 Å². The highest BCUT2D eigenvalue weighted by molar-refractivity contribution is 6.31. The SMILES string of the molecule is Cc1cccc(OCNC(=O)Nc2cccc(Cl)c2C)c1C. The fraction of sp³-hybridized carbons (Fsp3) is 0.235. The highest BCUT2D eigenvalue weighted by Crippen LogP contribution is 2.23. The van der Waals surface area contributed by atoms with Crippen molar-refractivity contribution < 1.29 is 9.53 Å². The van der Waals surface area contributed by atoms with Gasteiger partial charge in [0.1, 0.15) is 5.75 Å². The number of carbonyl (C=O) groups is 1. The Morgan fingerprint density at radius 3 is 2.59 bits per heavy atom. The van der Waals surface area contributed by atoms with E-state index in [1.165, 1.54) is 0 Å². The second kappa shape index (κ2) is 7.18. The van der Waals surface area contributed by atoms with Gasteiger partial charge in [0.15, 0.2) is 6.73 Å². The Morgan fingerprint density at radius 1 is 1.09 bits per heavy atom. The molecule has 0 atom stereocenters. The molecule has 5 heteroatoms. The summed E-state index contributed by atoms with van der Waals surface area (Å²) < 4.78 is 5.58. The molecule has 0 bridgehead atoms. The molecule has 2 aromatic carbocycles. The summed E-state index contributed by atoms with van der Waals surface area (Å²) in [5.74, 6) is 0.763. The van der Waals surface area contributed by atoms with Crippen LogP contribution < -0.4 is 15.4 Å². The number of benzene rings is 2. The number of urea groups is 1. The zero-order chi connectivity index (χ0) is 16.1. The molecule has 0 aromatic heterocycles. The molecule has 0 aliphatic rings. The van der Waals surface area contributed by atoms with Crippen LogP contribution in [0.25, 0.3) is 0 Å². The van der Waals surface area contributed by atoms with Crippen molar-refractivity contribution in [3.8, 4) is 5.75 Å². The number of ether oxygens (including phenoxy) is 1. The maximum atomic E-state index is 11.9. The summed E-state index contributed by atoms with van der Waals surface area (Å²) in [5.41, 5.74) is 3.72. The predicted molar refractivity (Wildman–Crippen MR) is 89.8 cm³/mol. The van der Waals surface area contributed by atoms with E-state index in [2.05, 4.69) is 10.6 Å². The van der Waals surface area contributed by atoms with Crippen molar-refractivity contribution >= 4 is 23.3 Å². The van der Waals surface area contributed by atoms with Crippen molar-refractivity contribution in [2.75, 3.05) is 12.0 Å². The van der Waals surface area contributed by atoms with E-state index in [1.54, 1.807) is 18.2 Å². The molecule has 116 valence electrons. The molecule has 4 nitrogen and oxygen atoms in total. The lowest BCUT2D eigenvalue weighted by molar-refractivity contribution is 0.234. The summed E-state index contributed by atoms with van der Waals surface area (Å²) in [6.45, 7) is 5.95. The molecule has 0 heterocycles. The van der Waals surface area contributed by atoms with Crippen LogP contribution in [0.1, 0.15) is 16.7 Å². The Bertz CT molecular complexity index is 686. The first kappa shape index (κ1) is 16.2. The second-order valence-corrected chi connectivity index (χ2v) is 5.44. The molecular weight excluding hydrogens is 300 g/mol. The minimum atomic E-state index is -0.337. The number of carbonyl (C=O) groups excluding carboxylic acids is 1. The normalized spacial score (nSPS) is 10.2. The van der Waals surface area contributed by atoms with E-state index in [4.69, 9.17) is 16.3 Å². The smallest absolute Gasteiger partial charge is 0.321 e. The van der Waals surface area contributed by atoms with E-state index in [1.807, 2.05) is 39.0 Å². The van der Waals surface area contributed by atoms with Crippen LogP contribution >= 0.6 is 11.6 Å². The summed E-state index contributed by atoms with van der Waals surface area (Å²) in [6, 6.07) is 10.9. The van der Waals surface area contributed by atoms with Crippen LogP contribution in [-0.2, 0) is 0 Å². The molecule has 0 unspecified atom stereocenters. The summed E-state index contributed by atoms with van der Waals surface area (Å²) in [4.78, 5) is 11.9. The van der Waals surface area contributed by atoms with Gasteiger partial charge < -0.3 is 15.4 Å². The molecule has 0 aliphatic heterocycles. The van der Waals surface area contributed by atoms with Gasteiger partial charge in [0.2, 0.25) is 0 Å². The molecule has 0 saturated carbocycles. The zero-order valence-electron chi connectivity index (χ0n) is 12.9. The molecule has 2 aromatic rings.